The van der Waals surface area contributed by atoms with Gasteiger partial charge in [-0.3, -0.25) is 9.59 Å². The maximum atomic E-state index is 12.2. The van der Waals surface area contributed by atoms with Crippen LogP contribution in [0.1, 0.15) is 38.5 Å². The summed E-state index contributed by atoms with van der Waals surface area (Å²) in [6.45, 7) is 3.26. The van der Waals surface area contributed by atoms with Gasteiger partial charge in [0.25, 0.3) is 0 Å². The van der Waals surface area contributed by atoms with E-state index in [-0.39, 0.29) is 17.1 Å². The monoisotopic (exact) mass is 301 g/mol. The Bertz CT molecular complexity index is 350. The van der Waals surface area contributed by atoms with E-state index in [0.717, 1.165) is 44.9 Å². The van der Waals surface area contributed by atoms with E-state index < -0.39 is 5.97 Å². The molecule has 2 aliphatic heterocycles. The third-order valence-electron chi connectivity index (χ3n) is 4.04. The van der Waals surface area contributed by atoms with Gasteiger partial charge in [-0.1, -0.05) is 0 Å². The summed E-state index contributed by atoms with van der Waals surface area (Å²) in [6, 6.07) is 0. The summed E-state index contributed by atoms with van der Waals surface area (Å²) in [5.41, 5.74) is 0. The van der Waals surface area contributed by atoms with Crippen molar-refractivity contribution in [2.24, 2.45) is 0 Å². The molecule has 0 aromatic rings. The lowest BCUT2D eigenvalue weighted by atomic mass is 9.97. The van der Waals surface area contributed by atoms with Crippen LogP contribution in [0.15, 0.2) is 0 Å². The Morgan fingerprint density at radius 1 is 1.20 bits per heavy atom. The zero-order chi connectivity index (χ0) is 14.4. The fourth-order valence-corrected chi connectivity index (χ4v) is 4.26. The van der Waals surface area contributed by atoms with Gasteiger partial charge < -0.3 is 14.7 Å². The number of aliphatic carboxylic acids is 1. The standard InChI is InChI=1S/C14H23NO4S/c16-12(3-1-2-4-13(17)18)15-7-10-20-14(11-15)5-8-19-9-6-14/h1-11H2,(H,17,18). The molecule has 2 heterocycles. The number of carbonyl (C=O) groups is 2. The number of thioether (sulfide) groups is 1. The molecule has 1 spiro atoms. The largest absolute Gasteiger partial charge is 0.481 e. The first-order valence-corrected chi connectivity index (χ1v) is 8.31. The number of nitrogens with zero attached hydrogens (tertiary/aromatic N) is 1. The van der Waals surface area contributed by atoms with Crippen molar-refractivity contribution >= 4 is 23.6 Å². The normalized spacial score (nSPS) is 21.9. The molecular formula is C14H23NO4S. The molecule has 2 rings (SSSR count). The van der Waals surface area contributed by atoms with Crippen molar-refractivity contribution in [3.05, 3.63) is 0 Å². The topological polar surface area (TPSA) is 66.8 Å². The van der Waals surface area contributed by atoms with Crippen LogP contribution in [0.5, 0.6) is 0 Å². The van der Waals surface area contributed by atoms with E-state index >= 15 is 0 Å². The maximum absolute atomic E-state index is 12.2. The van der Waals surface area contributed by atoms with Crippen LogP contribution in [0.3, 0.4) is 0 Å². The first-order valence-electron chi connectivity index (χ1n) is 7.33. The van der Waals surface area contributed by atoms with Gasteiger partial charge in [-0.05, 0) is 25.7 Å². The molecule has 0 bridgehead atoms. The van der Waals surface area contributed by atoms with E-state index in [1.165, 1.54) is 0 Å². The molecule has 1 amide bonds. The SMILES string of the molecule is O=C(O)CCCCC(=O)N1CCSC2(CCOCC2)C1. The molecule has 1 N–H and O–H groups in total. The van der Waals surface area contributed by atoms with Crippen LogP contribution >= 0.6 is 11.8 Å². The molecule has 6 heteroatoms. The van der Waals surface area contributed by atoms with Crippen molar-refractivity contribution in [2.45, 2.75) is 43.3 Å². The molecule has 20 heavy (non-hydrogen) atoms. The summed E-state index contributed by atoms with van der Waals surface area (Å²) in [7, 11) is 0. The van der Waals surface area contributed by atoms with Crippen molar-refractivity contribution in [3.8, 4) is 0 Å². The van der Waals surface area contributed by atoms with E-state index in [1.54, 1.807) is 0 Å². The number of unbranched alkanes of at least 4 members (excludes halogenated alkanes) is 1. The van der Waals surface area contributed by atoms with Gasteiger partial charge in [0.05, 0.1) is 0 Å². The minimum atomic E-state index is -0.784. The van der Waals surface area contributed by atoms with Crippen LogP contribution in [0, 0.1) is 0 Å². The second kappa shape index (κ2) is 7.31. The molecule has 5 nitrogen and oxygen atoms in total. The van der Waals surface area contributed by atoms with Crippen molar-refractivity contribution in [1.82, 2.24) is 4.90 Å². The van der Waals surface area contributed by atoms with Crippen LogP contribution in [-0.2, 0) is 14.3 Å². The number of carboxylic acid groups (broad SMARTS) is 1. The Balaban J connectivity index is 1.76. The van der Waals surface area contributed by atoms with Crippen molar-refractivity contribution in [1.29, 1.82) is 0 Å². The minimum Gasteiger partial charge on any atom is -0.481 e. The number of ether oxygens (including phenoxy) is 1. The van der Waals surface area contributed by atoms with Crippen LogP contribution in [0.2, 0.25) is 0 Å². The first kappa shape index (κ1) is 15.6. The second-order valence-electron chi connectivity index (χ2n) is 5.56. The third kappa shape index (κ3) is 4.38. The Hall–Kier alpha value is -0.750. The van der Waals surface area contributed by atoms with Crippen molar-refractivity contribution < 1.29 is 19.4 Å². The molecule has 0 unspecified atom stereocenters. The van der Waals surface area contributed by atoms with E-state index in [4.69, 9.17) is 9.84 Å². The van der Waals surface area contributed by atoms with E-state index in [2.05, 4.69) is 0 Å². The highest BCUT2D eigenvalue weighted by Crippen LogP contribution is 2.39. The lowest BCUT2D eigenvalue weighted by molar-refractivity contribution is -0.137. The summed E-state index contributed by atoms with van der Waals surface area (Å²) in [5.74, 6) is 0.399. The third-order valence-corrected chi connectivity index (χ3v) is 5.57. The molecular weight excluding hydrogens is 278 g/mol. The number of carbonyl (C=O) groups excluding carboxylic acids is 1. The summed E-state index contributed by atoms with van der Waals surface area (Å²) in [4.78, 5) is 24.6. The van der Waals surface area contributed by atoms with Crippen LogP contribution in [0.4, 0.5) is 0 Å². The Labute approximate surface area is 124 Å². The quantitative estimate of drug-likeness (QED) is 0.784. The average Bonchev–Trinajstić information content (AvgIpc) is 2.44. The average molecular weight is 301 g/mol. The number of carboxylic acids is 1. The van der Waals surface area contributed by atoms with Gasteiger partial charge in [-0.2, -0.15) is 11.8 Å². The Kier molecular flexibility index (Phi) is 5.72. The molecule has 0 saturated carbocycles. The Morgan fingerprint density at radius 3 is 2.60 bits per heavy atom. The van der Waals surface area contributed by atoms with Crippen LogP contribution in [0.25, 0.3) is 0 Å². The molecule has 0 aromatic heterocycles. The van der Waals surface area contributed by atoms with Gasteiger partial charge in [-0.25, -0.2) is 0 Å². The minimum absolute atomic E-state index is 0.157. The predicted octanol–water partition coefficient (Wildman–Crippen LogP) is 1.76. The fraction of sp³-hybridized carbons (Fsp3) is 0.857. The maximum Gasteiger partial charge on any atom is 0.303 e. The smallest absolute Gasteiger partial charge is 0.303 e. The highest BCUT2D eigenvalue weighted by Gasteiger charge is 2.38. The molecule has 0 aromatic carbocycles. The Morgan fingerprint density at radius 2 is 1.90 bits per heavy atom. The number of hydrogen-bond donors (Lipinski definition) is 1. The first-order chi connectivity index (χ1) is 9.61. The lowest BCUT2D eigenvalue weighted by Gasteiger charge is -2.44. The van der Waals surface area contributed by atoms with Gasteiger partial charge in [-0.15, -0.1) is 0 Å². The molecule has 0 aliphatic carbocycles. The van der Waals surface area contributed by atoms with Gasteiger partial charge in [0.1, 0.15) is 0 Å². The summed E-state index contributed by atoms with van der Waals surface area (Å²) >= 11 is 1.99. The second-order valence-corrected chi connectivity index (χ2v) is 7.12. The van der Waals surface area contributed by atoms with Crippen molar-refractivity contribution in [2.75, 3.05) is 32.1 Å². The fourth-order valence-electron chi connectivity index (χ4n) is 2.81. The van der Waals surface area contributed by atoms with Crippen LogP contribution in [-0.4, -0.2) is 58.7 Å². The lowest BCUT2D eigenvalue weighted by Crippen LogP contribution is -2.51. The van der Waals surface area contributed by atoms with Gasteiger partial charge >= 0.3 is 5.97 Å². The zero-order valence-electron chi connectivity index (χ0n) is 11.8. The number of amides is 1. The van der Waals surface area contributed by atoms with Gasteiger partial charge in [0, 0.05) is 49.6 Å². The molecule has 2 saturated heterocycles. The highest BCUT2D eigenvalue weighted by atomic mass is 32.2. The van der Waals surface area contributed by atoms with Crippen LogP contribution < -0.4 is 0 Å². The molecule has 0 radical (unpaired) electrons. The number of rotatable bonds is 5. The predicted molar refractivity (Wildman–Crippen MR) is 77.9 cm³/mol. The summed E-state index contributed by atoms with van der Waals surface area (Å²) in [6.07, 6.45) is 3.95. The summed E-state index contributed by atoms with van der Waals surface area (Å²) in [5, 5.41) is 8.58. The summed E-state index contributed by atoms with van der Waals surface area (Å²) < 4.78 is 5.62. The van der Waals surface area contributed by atoms with Gasteiger partial charge in [0.15, 0.2) is 0 Å². The van der Waals surface area contributed by atoms with E-state index in [0.29, 0.717) is 19.3 Å². The molecule has 2 fully saturated rings. The zero-order valence-corrected chi connectivity index (χ0v) is 12.6. The van der Waals surface area contributed by atoms with Gasteiger partial charge in [0.2, 0.25) is 5.91 Å². The highest BCUT2D eigenvalue weighted by molar-refractivity contribution is 8.00. The van der Waals surface area contributed by atoms with E-state index in [1.807, 2.05) is 16.7 Å². The molecule has 2 aliphatic rings. The van der Waals surface area contributed by atoms with E-state index in [9.17, 15) is 9.59 Å². The number of hydrogen-bond acceptors (Lipinski definition) is 4. The molecule has 0 atom stereocenters. The molecule has 114 valence electrons. The van der Waals surface area contributed by atoms with Crippen molar-refractivity contribution in [3.63, 3.8) is 0 Å².